The molecule has 3 fully saturated rings. The number of imide groups is 2. The summed E-state index contributed by atoms with van der Waals surface area (Å²) in [4.78, 5) is 53.7. The van der Waals surface area contributed by atoms with Crippen LogP contribution in [0, 0.1) is 23.7 Å². The van der Waals surface area contributed by atoms with E-state index in [4.69, 9.17) is 32.7 Å². The minimum absolute atomic E-state index is 0.102. The maximum absolute atomic E-state index is 14.0. The number of phenols is 2. The van der Waals surface area contributed by atoms with Crippen LogP contribution in [0.4, 0.5) is 0 Å². The first-order valence-electron chi connectivity index (χ1n) is 14.7. The van der Waals surface area contributed by atoms with Gasteiger partial charge in [-0.05, 0) is 60.6 Å². The van der Waals surface area contributed by atoms with E-state index in [0.29, 0.717) is 17.6 Å². The molecule has 10 nitrogen and oxygen atoms in total. The Kier molecular flexibility index (Phi) is 8.40. The van der Waals surface area contributed by atoms with Crippen molar-refractivity contribution >= 4 is 68.8 Å². The van der Waals surface area contributed by atoms with E-state index in [-0.39, 0.29) is 59.7 Å². The van der Waals surface area contributed by atoms with Crippen molar-refractivity contribution < 1.29 is 38.9 Å². The van der Waals surface area contributed by atoms with E-state index < -0.39 is 45.2 Å². The SMILES string of the molecule is COc1cc(C=CC2C3=CCC4C(=O)N(CCc5ccc(O)cc5)C(=O)C4C3CC3(Cl)C(=O)N(CBr)C(=O)C23Cl)cc(OC)c1O. The number of allylic oxidation sites excluding steroid dienone is 3. The Hall–Kier alpha value is -3.54. The van der Waals surface area contributed by atoms with Crippen molar-refractivity contribution in [2.45, 2.75) is 29.0 Å². The number of halogens is 3. The zero-order chi connectivity index (χ0) is 33.1. The Bertz CT molecular complexity index is 1670. The molecule has 2 aliphatic heterocycles. The highest BCUT2D eigenvalue weighted by Crippen LogP contribution is 2.63. The van der Waals surface area contributed by atoms with Gasteiger partial charge < -0.3 is 19.7 Å². The predicted molar refractivity (Wildman–Crippen MR) is 173 cm³/mol. The molecule has 46 heavy (non-hydrogen) atoms. The maximum Gasteiger partial charge on any atom is 0.254 e. The molecular formula is C33H31BrCl2N2O8. The summed E-state index contributed by atoms with van der Waals surface area (Å²) in [5.41, 5.74) is 1.95. The lowest BCUT2D eigenvalue weighted by Crippen LogP contribution is -2.60. The number of carbonyl (C=O) groups is 4. The van der Waals surface area contributed by atoms with Crippen molar-refractivity contribution in [3.63, 3.8) is 0 Å². The number of amides is 4. The Morgan fingerprint density at radius 2 is 1.61 bits per heavy atom. The number of hydrogen-bond acceptors (Lipinski definition) is 8. The first kappa shape index (κ1) is 32.4. The predicted octanol–water partition coefficient (Wildman–Crippen LogP) is 4.61. The van der Waals surface area contributed by atoms with Crippen molar-refractivity contribution in [3.05, 3.63) is 65.3 Å². The summed E-state index contributed by atoms with van der Waals surface area (Å²) in [5.74, 6) is -4.69. The van der Waals surface area contributed by atoms with Crippen LogP contribution in [-0.2, 0) is 25.6 Å². The normalized spacial score (nSPS) is 30.4. The van der Waals surface area contributed by atoms with Crippen LogP contribution < -0.4 is 9.47 Å². The van der Waals surface area contributed by atoms with E-state index in [2.05, 4.69) is 15.9 Å². The smallest absolute Gasteiger partial charge is 0.254 e. The molecule has 2 saturated heterocycles. The molecule has 4 amide bonds. The van der Waals surface area contributed by atoms with Gasteiger partial charge in [0.1, 0.15) is 5.75 Å². The van der Waals surface area contributed by atoms with E-state index in [0.717, 1.165) is 10.5 Å². The van der Waals surface area contributed by atoms with Gasteiger partial charge in [0, 0.05) is 12.5 Å². The molecule has 2 N–H and O–H groups in total. The number of fused-ring (bicyclic) bond motifs is 4. The van der Waals surface area contributed by atoms with Gasteiger partial charge in [-0.3, -0.25) is 29.0 Å². The summed E-state index contributed by atoms with van der Waals surface area (Å²) in [7, 11) is 2.80. The monoisotopic (exact) mass is 732 g/mol. The molecule has 1 saturated carbocycles. The number of phenolic OH excluding ortho intramolecular Hbond substituents is 2. The van der Waals surface area contributed by atoms with Gasteiger partial charge in [0.05, 0.1) is 31.5 Å². The van der Waals surface area contributed by atoms with Crippen molar-refractivity contribution in [1.82, 2.24) is 9.80 Å². The van der Waals surface area contributed by atoms with E-state index in [1.165, 1.54) is 19.1 Å². The number of rotatable bonds is 8. The minimum Gasteiger partial charge on any atom is -0.508 e. The van der Waals surface area contributed by atoms with Crippen LogP contribution in [0.5, 0.6) is 23.0 Å². The number of nitrogens with zero attached hydrogens (tertiary/aromatic N) is 2. The molecular weight excluding hydrogens is 703 g/mol. The van der Waals surface area contributed by atoms with Crippen LogP contribution in [0.3, 0.4) is 0 Å². The van der Waals surface area contributed by atoms with Gasteiger partial charge in [-0.25, -0.2) is 0 Å². The Morgan fingerprint density at radius 1 is 0.957 bits per heavy atom. The summed E-state index contributed by atoms with van der Waals surface area (Å²) < 4.78 is 10.6. The molecule has 6 rings (SSSR count). The first-order valence-corrected chi connectivity index (χ1v) is 16.5. The fourth-order valence-corrected chi connectivity index (χ4v) is 8.79. The van der Waals surface area contributed by atoms with Crippen molar-refractivity contribution in [1.29, 1.82) is 0 Å². The molecule has 13 heteroatoms. The lowest BCUT2D eigenvalue weighted by atomic mass is 9.57. The molecule has 2 aliphatic carbocycles. The van der Waals surface area contributed by atoms with Crippen LogP contribution in [0.15, 0.2) is 54.1 Å². The standard InChI is InChI=1S/C33H31BrCl2N2O8/c1-45-24-13-18(14-25(46-2)27(24)40)5-10-23-20-8-9-21-26(22(20)15-32(35)30(43)38(16-34)31(44)33(23,32)36)29(42)37(28(21)41)12-11-17-3-6-19(39)7-4-17/h3-8,10,13-14,21-23,26,39-40H,9,11-12,15-16H2,1-2H3. The lowest BCUT2D eigenvalue weighted by Gasteiger charge is -2.49. The second-order valence-electron chi connectivity index (χ2n) is 11.9. The van der Waals surface area contributed by atoms with E-state index in [1.807, 2.05) is 6.08 Å². The Labute approximate surface area is 283 Å². The topological polar surface area (TPSA) is 134 Å². The van der Waals surface area contributed by atoms with Gasteiger partial charge in [-0.1, -0.05) is 51.9 Å². The molecule has 0 spiro atoms. The van der Waals surface area contributed by atoms with Gasteiger partial charge in [-0.15, -0.1) is 23.2 Å². The number of methoxy groups -OCH3 is 2. The third-order valence-electron chi connectivity index (χ3n) is 9.71. The maximum atomic E-state index is 14.0. The van der Waals surface area contributed by atoms with Crippen molar-refractivity contribution in [3.8, 4) is 23.0 Å². The minimum atomic E-state index is -1.92. The lowest BCUT2D eigenvalue weighted by molar-refractivity contribution is -0.141. The third-order valence-corrected chi connectivity index (χ3v) is 11.6. The molecule has 0 radical (unpaired) electrons. The molecule has 2 heterocycles. The average molecular weight is 734 g/mol. The molecule has 0 bridgehead atoms. The van der Waals surface area contributed by atoms with Crippen LogP contribution >= 0.6 is 39.1 Å². The average Bonchev–Trinajstić information content (AvgIpc) is 3.37. The van der Waals surface area contributed by atoms with Crippen molar-refractivity contribution in [2.75, 3.05) is 26.2 Å². The fourth-order valence-electron chi connectivity index (χ4n) is 7.41. The molecule has 6 atom stereocenters. The van der Waals surface area contributed by atoms with Gasteiger partial charge in [0.15, 0.2) is 21.2 Å². The largest absolute Gasteiger partial charge is 0.508 e. The summed E-state index contributed by atoms with van der Waals surface area (Å²) in [5, 5.41) is 20.0. The number of hydrogen-bond donors (Lipinski definition) is 2. The molecule has 6 unspecified atom stereocenters. The summed E-state index contributed by atoms with van der Waals surface area (Å²) >= 11 is 17.7. The van der Waals surface area contributed by atoms with Gasteiger partial charge in [0.2, 0.25) is 17.6 Å². The van der Waals surface area contributed by atoms with Gasteiger partial charge in [-0.2, -0.15) is 0 Å². The van der Waals surface area contributed by atoms with E-state index >= 15 is 0 Å². The summed E-state index contributed by atoms with van der Waals surface area (Å²) in [6.07, 6.45) is 5.78. The fraction of sp³-hybridized carbons (Fsp3) is 0.394. The first-order chi connectivity index (χ1) is 21.9. The Morgan fingerprint density at radius 3 is 2.22 bits per heavy atom. The Balaban J connectivity index is 1.39. The summed E-state index contributed by atoms with van der Waals surface area (Å²) in [6.45, 7) is 0.158. The third kappa shape index (κ3) is 4.73. The number of aromatic hydroxyl groups is 2. The molecule has 2 aromatic carbocycles. The van der Waals surface area contributed by atoms with E-state index in [9.17, 15) is 29.4 Å². The molecule has 2 aromatic rings. The second kappa shape index (κ2) is 11.9. The highest BCUT2D eigenvalue weighted by molar-refractivity contribution is 9.09. The zero-order valence-corrected chi connectivity index (χ0v) is 28.0. The second-order valence-corrected chi connectivity index (χ2v) is 13.7. The number of ether oxygens (including phenoxy) is 2. The van der Waals surface area contributed by atoms with Crippen LogP contribution in [0.25, 0.3) is 6.08 Å². The van der Waals surface area contributed by atoms with Crippen molar-refractivity contribution in [2.24, 2.45) is 23.7 Å². The highest BCUT2D eigenvalue weighted by atomic mass is 79.9. The summed E-state index contributed by atoms with van der Waals surface area (Å²) in [6, 6.07) is 9.72. The number of carbonyl (C=O) groups excluding carboxylic acids is 4. The number of benzene rings is 2. The van der Waals surface area contributed by atoms with Crippen LogP contribution in [0.2, 0.25) is 0 Å². The van der Waals surface area contributed by atoms with Gasteiger partial charge >= 0.3 is 0 Å². The molecule has 0 aromatic heterocycles. The number of alkyl halides is 3. The zero-order valence-electron chi connectivity index (χ0n) is 24.9. The van der Waals surface area contributed by atoms with Crippen LogP contribution in [0.1, 0.15) is 24.0 Å². The highest BCUT2D eigenvalue weighted by Gasteiger charge is 2.75. The quantitative estimate of drug-likeness (QED) is 0.174. The number of likely N-dealkylation sites (tertiary alicyclic amines) is 2. The van der Waals surface area contributed by atoms with E-state index in [1.54, 1.807) is 48.6 Å². The molecule has 4 aliphatic rings. The van der Waals surface area contributed by atoms with Gasteiger partial charge in [0.25, 0.3) is 11.8 Å². The molecule has 242 valence electrons. The van der Waals surface area contributed by atoms with Crippen LogP contribution in [-0.4, -0.2) is 79.6 Å².